The largest absolute Gasteiger partial charge is 0.493 e. The second-order valence-corrected chi connectivity index (χ2v) is 10.1. The number of nitro groups is 1. The Morgan fingerprint density at radius 1 is 1.15 bits per heavy atom. The van der Waals surface area contributed by atoms with Gasteiger partial charge in [-0.15, -0.1) is 0 Å². The molecule has 41 heavy (non-hydrogen) atoms. The lowest BCUT2D eigenvalue weighted by molar-refractivity contribution is -0.385. The summed E-state index contributed by atoms with van der Waals surface area (Å²) in [6.07, 6.45) is 3.32. The van der Waals surface area contributed by atoms with Crippen molar-refractivity contribution < 1.29 is 28.7 Å². The SMILES string of the molecule is CCCCOc1ccc(C2C(C(=O)OCCOC)=C(C)N=c3sc(=Cc4ccccc4[N+](=O)[O-])c(=O)n32)cc1OC. The maximum atomic E-state index is 13.9. The van der Waals surface area contributed by atoms with Crippen LogP contribution in [0.1, 0.15) is 43.9 Å². The molecule has 2 aromatic carbocycles. The van der Waals surface area contributed by atoms with Gasteiger partial charge in [0.05, 0.1) is 52.7 Å². The number of nitro benzene ring substituents is 1. The molecule has 1 aliphatic heterocycles. The van der Waals surface area contributed by atoms with Gasteiger partial charge in [-0.3, -0.25) is 19.5 Å². The van der Waals surface area contributed by atoms with Crippen molar-refractivity contribution in [3.05, 3.63) is 94.7 Å². The van der Waals surface area contributed by atoms with Crippen molar-refractivity contribution in [1.29, 1.82) is 0 Å². The maximum Gasteiger partial charge on any atom is 0.338 e. The number of carbonyl (C=O) groups is 1. The lowest BCUT2D eigenvalue weighted by Gasteiger charge is -2.25. The van der Waals surface area contributed by atoms with Crippen molar-refractivity contribution in [2.24, 2.45) is 4.99 Å². The fraction of sp³-hybridized carbons (Fsp3) is 0.345. The van der Waals surface area contributed by atoms with Gasteiger partial charge in [-0.1, -0.05) is 42.9 Å². The first-order valence-electron chi connectivity index (χ1n) is 13.0. The topological polar surface area (TPSA) is 131 Å². The number of benzene rings is 2. The predicted octanol–water partition coefficient (Wildman–Crippen LogP) is 3.52. The average molecular weight is 582 g/mol. The zero-order valence-corrected chi connectivity index (χ0v) is 24.1. The Kier molecular flexibility index (Phi) is 9.69. The van der Waals surface area contributed by atoms with Crippen molar-refractivity contribution in [2.45, 2.75) is 32.7 Å². The predicted molar refractivity (Wildman–Crippen MR) is 153 cm³/mol. The summed E-state index contributed by atoms with van der Waals surface area (Å²) in [5.74, 6) is 0.351. The summed E-state index contributed by atoms with van der Waals surface area (Å²) in [4.78, 5) is 43.2. The van der Waals surface area contributed by atoms with Crippen LogP contribution >= 0.6 is 11.3 Å². The van der Waals surface area contributed by atoms with Crippen molar-refractivity contribution in [1.82, 2.24) is 4.57 Å². The summed E-state index contributed by atoms with van der Waals surface area (Å²) < 4.78 is 23.6. The fourth-order valence-electron chi connectivity index (χ4n) is 4.41. The van der Waals surface area contributed by atoms with Crippen LogP contribution in [0.4, 0.5) is 5.69 Å². The molecule has 1 unspecified atom stereocenters. The van der Waals surface area contributed by atoms with E-state index >= 15 is 0 Å². The third-order valence-corrected chi connectivity index (χ3v) is 7.42. The van der Waals surface area contributed by atoms with Crippen LogP contribution in [0.3, 0.4) is 0 Å². The minimum atomic E-state index is -0.896. The standard InChI is InChI=1S/C29H31N3O8S/c1-5-6-13-39-22-12-11-20(16-23(22)38-4)26-25(28(34)40-15-14-37-3)18(2)30-29-31(26)27(33)24(41-29)17-19-9-7-8-10-21(19)32(35)36/h7-12,16-17,26H,5-6,13-15H2,1-4H3. The number of esters is 1. The summed E-state index contributed by atoms with van der Waals surface area (Å²) in [6.45, 7) is 4.49. The molecule has 0 N–H and O–H groups in total. The third-order valence-electron chi connectivity index (χ3n) is 6.44. The molecular formula is C29H31N3O8S. The number of hydrogen-bond acceptors (Lipinski definition) is 10. The number of ether oxygens (including phenoxy) is 4. The van der Waals surface area contributed by atoms with E-state index in [9.17, 15) is 19.7 Å². The molecule has 216 valence electrons. The Labute approximate surface area is 240 Å². The van der Waals surface area contributed by atoms with Gasteiger partial charge in [0.15, 0.2) is 16.3 Å². The van der Waals surface area contributed by atoms with E-state index in [0.29, 0.717) is 34.2 Å². The van der Waals surface area contributed by atoms with Gasteiger partial charge in [0.25, 0.3) is 11.2 Å². The smallest absolute Gasteiger partial charge is 0.338 e. The highest BCUT2D eigenvalue weighted by Crippen LogP contribution is 2.36. The van der Waals surface area contributed by atoms with Gasteiger partial charge in [0.1, 0.15) is 6.61 Å². The van der Waals surface area contributed by atoms with Crippen LogP contribution in [0.5, 0.6) is 11.5 Å². The van der Waals surface area contributed by atoms with E-state index in [-0.39, 0.29) is 34.6 Å². The van der Waals surface area contributed by atoms with Crippen molar-refractivity contribution in [3.8, 4) is 11.5 Å². The number of thiazole rings is 1. The third kappa shape index (κ3) is 6.39. The molecule has 0 spiro atoms. The summed E-state index contributed by atoms with van der Waals surface area (Å²) in [7, 11) is 3.02. The van der Waals surface area contributed by atoms with E-state index in [1.165, 1.54) is 30.9 Å². The number of nitrogens with zero attached hydrogens (tertiary/aromatic N) is 3. The van der Waals surface area contributed by atoms with Crippen LogP contribution in [-0.4, -0.2) is 49.5 Å². The molecule has 0 fully saturated rings. The number of hydrogen-bond donors (Lipinski definition) is 0. The van der Waals surface area contributed by atoms with Gasteiger partial charge in [-0.25, -0.2) is 9.79 Å². The van der Waals surface area contributed by atoms with Gasteiger partial charge >= 0.3 is 5.97 Å². The second kappa shape index (κ2) is 13.4. The summed E-state index contributed by atoms with van der Waals surface area (Å²) >= 11 is 1.08. The molecule has 0 aliphatic carbocycles. The van der Waals surface area contributed by atoms with Crippen molar-refractivity contribution in [2.75, 3.05) is 34.0 Å². The van der Waals surface area contributed by atoms with Crippen LogP contribution in [-0.2, 0) is 14.3 Å². The Bertz CT molecular complexity index is 1660. The number of allylic oxidation sites excluding steroid dienone is 1. The molecule has 0 saturated carbocycles. The molecule has 11 nitrogen and oxygen atoms in total. The fourth-order valence-corrected chi connectivity index (χ4v) is 5.45. The molecule has 3 aromatic rings. The minimum Gasteiger partial charge on any atom is -0.493 e. The number of unbranched alkanes of at least 4 members (excludes halogenated alkanes) is 1. The van der Waals surface area contributed by atoms with E-state index in [1.54, 1.807) is 43.3 Å². The van der Waals surface area contributed by atoms with E-state index in [0.717, 1.165) is 24.2 Å². The first kappa shape index (κ1) is 29.7. The minimum absolute atomic E-state index is 0.0223. The second-order valence-electron chi connectivity index (χ2n) is 9.14. The number of aromatic nitrogens is 1. The Balaban J connectivity index is 1.89. The molecular weight excluding hydrogens is 550 g/mol. The highest BCUT2D eigenvalue weighted by atomic mass is 32.1. The maximum absolute atomic E-state index is 13.9. The van der Waals surface area contributed by atoms with E-state index in [2.05, 4.69) is 11.9 Å². The van der Waals surface area contributed by atoms with E-state index in [4.69, 9.17) is 18.9 Å². The zero-order chi connectivity index (χ0) is 29.5. The van der Waals surface area contributed by atoms with Crippen molar-refractivity contribution >= 4 is 29.1 Å². The Morgan fingerprint density at radius 2 is 1.93 bits per heavy atom. The number of methoxy groups -OCH3 is 2. The number of fused-ring (bicyclic) bond motifs is 1. The first-order chi connectivity index (χ1) is 19.8. The van der Waals surface area contributed by atoms with E-state index in [1.807, 2.05) is 0 Å². The van der Waals surface area contributed by atoms with Crippen LogP contribution in [0.15, 0.2) is 63.5 Å². The summed E-state index contributed by atoms with van der Waals surface area (Å²) in [6, 6.07) is 10.5. The molecule has 0 amide bonds. The Morgan fingerprint density at radius 3 is 2.63 bits per heavy atom. The normalized spacial score (nSPS) is 14.8. The zero-order valence-electron chi connectivity index (χ0n) is 23.2. The monoisotopic (exact) mass is 581 g/mol. The van der Waals surface area contributed by atoms with Crippen LogP contribution in [0, 0.1) is 10.1 Å². The van der Waals surface area contributed by atoms with Gasteiger partial charge in [0.2, 0.25) is 0 Å². The summed E-state index contributed by atoms with van der Waals surface area (Å²) in [5, 5.41) is 11.6. The molecule has 1 atom stereocenters. The molecule has 1 aromatic heterocycles. The molecule has 0 bridgehead atoms. The van der Waals surface area contributed by atoms with Crippen LogP contribution < -0.4 is 24.4 Å². The number of para-hydroxylation sites is 1. The lowest BCUT2D eigenvalue weighted by atomic mass is 9.95. The van der Waals surface area contributed by atoms with Gasteiger partial charge in [-0.05, 0) is 43.2 Å². The van der Waals surface area contributed by atoms with Crippen LogP contribution in [0.2, 0.25) is 0 Å². The van der Waals surface area contributed by atoms with Gasteiger partial charge in [0, 0.05) is 13.2 Å². The molecule has 0 radical (unpaired) electrons. The lowest BCUT2D eigenvalue weighted by Crippen LogP contribution is -2.40. The molecule has 12 heteroatoms. The molecule has 2 heterocycles. The Hall–Kier alpha value is -4.29. The summed E-state index contributed by atoms with van der Waals surface area (Å²) in [5.41, 5.74) is 0.858. The highest BCUT2D eigenvalue weighted by molar-refractivity contribution is 7.07. The number of rotatable bonds is 12. The van der Waals surface area contributed by atoms with Crippen molar-refractivity contribution in [3.63, 3.8) is 0 Å². The van der Waals surface area contributed by atoms with Gasteiger partial charge in [-0.2, -0.15) is 0 Å². The first-order valence-corrected chi connectivity index (χ1v) is 13.8. The van der Waals surface area contributed by atoms with Crippen LogP contribution in [0.25, 0.3) is 6.08 Å². The highest BCUT2D eigenvalue weighted by Gasteiger charge is 2.34. The molecule has 4 rings (SSSR count). The van der Waals surface area contributed by atoms with Gasteiger partial charge < -0.3 is 18.9 Å². The molecule has 1 aliphatic rings. The average Bonchev–Trinajstić information content (AvgIpc) is 3.26. The number of carbonyl (C=O) groups excluding carboxylic acids is 1. The van der Waals surface area contributed by atoms with E-state index < -0.39 is 22.5 Å². The molecule has 0 saturated heterocycles. The quantitative estimate of drug-likeness (QED) is 0.137.